The second kappa shape index (κ2) is 8.62. The Morgan fingerprint density at radius 1 is 1.11 bits per heavy atom. The van der Waals surface area contributed by atoms with E-state index in [0.717, 1.165) is 16.0 Å². The van der Waals surface area contributed by atoms with Crippen LogP contribution in [0.15, 0.2) is 42.5 Å². The number of benzene rings is 2. The number of thiazole rings is 1. The fraction of sp³-hybridized carbons (Fsp3) is 0.240. The number of carbonyl (C=O) groups excluding carboxylic acids is 3. The van der Waals surface area contributed by atoms with Crippen LogP contribution in [0.3, 0.4) is 0 Å². The fourth-order valence-corrected chi connectivity index (χ4v) is 4.98. The molecule has 1 atom stereocenters. The summed E-state index contributed by atoms with van der Waals surface area (Å²) in [5.74, 6) is 0.0586. The molecule has 0 spiro atoms. The lowest BCUT2D eigenvalue weighted by atomic mass is 10.1. The monoisotopic (exact) mass is 489 g/mol. The molecular formula is C25H23N5O4S. The number of anilines is 1. The highest BCUT2D eigenvalue weighted by molar-refractivity contribution is 7.20. The van der Waals surface area contributed by atoms with E-state index in [1.807, 2.05) is 39.0 Å². The lowest BCUT2D eigenvalue weighted by Crippen LogP contribution is -2.37. The van der Waals surface area contributed by atoms with Crippen LogP contribution in [-0.2, 0) is 0 Å². The van der Waals surface area contributed by atoms with Crippen LogP contribution in [0.1, 0.15) is 57.0 Å². The molecule has 2 aromatic carbocycles. The zero-order valence-electron chi connectivity index (χ0n) is 19.7. The quantitative estimate of drug-likeness (QED) is 0.401. The normalized spacial score (nSPS) is 13.9. The lowest BCUT2D eigenvalue weighted by Gasteiger charge is -2.20. The number of nitrogens with zero attached hydrogens (tertiary/aromatic N) is 4. The second-order valence-electron chi connectivity index (χ2n) is 8.36. The van der Waals surface area contributed by atoms with Gasteiger partial charge in [0, 0.05) is 17.7 Å². The molecule has 0 radical (unpaired) electrons. The number of amides is 3. The van der Waals surface area contributed by atoms with Crippen molar-refractivity contribution >= 4 is 45.1 Å². The third-order valence-electron chi connectivity index (χ3n) is 6.05. The highest BCUT2D eigenvalue weighted by Crippen LogP contribution is 2.31. The van der Waals surface area contributed by atoms with Gasteiger partial charge in [0.05, 0.1) is 34.1 Å². The Balaban J connectivity index is 1.44. The van der Waals surface area contributed by atoms with Crippen LogP contribution >= 0.6 is 11.3 Å². The largest absolute Gasteiger partial charge is 0.497 e. The number of hydrogen-bond donors (Lipinski definition) is 1. The Morgan fingerprint density at radius 2 is 1.89 bits per heavy atom. The molecule has 4 aromatic rings. The molecule has 3 amide bonds. The van der Waals surface area contributed by atoms with Crippen LogP contribution < -0.4 is 10.1 Å². The lowest BCUT2D eigenvalue weighted by molar-refractivity contribution is 0.0593. The molecule has 0 aliphatic carbocycles. The van der Waals surface area contributed by atoms with Gasteiger partial charge in [-0.2, -0.15) is 9.78 Å². The second-order valence-corrected chi connectivity index (χ2v) is 9.37. The van der Waals surface area contributed by atoms with Crippen LogP contribution in [0.5, 0.6) is 5.75 Å². The van der Waals surface area contributed by atoms with Crippen LogP contribution in [0.4, 0.5) is 5.82 Å². The molecule has 2 aromatic heterocycles. The van der Waals surface area contributed by atoms with Gasteiger partial charge in [0.15, 0.2) is 0 Å². The number of fused-ring (bicyclic) bond motifs is 2. The van der Waals surface area contributed by atoms with Crippen LogP contribution in [-0.4, -0.2) is 50.5 Å². The van der Waals surface area contributed by atoms with Crippen LogP contribution in [0.2, 0.25) is 0 Å². The van der Waals surface area contributed by atoms with Gasteiger partial charge in [-0.15, -0.1) is 0 Å². The third kappa shape index (κ3) is 3.85. The summed E-state index contributed by atoms with van der Waals surface area (Å²) in [6.45, 7) is 5.57. The summed E-state index contributed by atoms with van der Waals surface area (Å²) in [6.07, 6.45) is 0.653. The first kappa shape index (κ1) is 22.7. The molecule has 0 saturated heterocycles. The molecule has 0 bridgehead atoms. The summed E-state index contributed by atoms with van der Waals surface area (Å²) >= 11 is 1.42. The standard InChI is InChI=1S/C25H23N5O4S/c1-5-14(3)29-23(32)17-8-6-15(11-18(17)24(29)33)22(31)27-21-10-13(2)28-30(21)25-26-19-9-7-16(34-4)12-20(19)35-25/h6-12,14H,5H2,1-4H3,(H,27,31). The zero-order valence-corrected chi connectivity index (χ0v) is 20.5. The summed E-state index contributed by atoms with van der Waals surface area (Å²) in [5, 5.41) is 7.96. The molecule has 0 fully saturated rings. The first-order chi connectivity index (χ1) is 16.8. The van der Waals surface area contributed by atoms with E-state index in [9.17, 15) is 14.4 Å². The van der Waals surface area contributed by atoms with Gasteiger partial charge >= 0.3 is 0 Å². The minimum atomic E-state index is -0.418. The van der Waals surface area contributed by atoms with E-state index >= 15 is 0 Å². The number of methoxy groups -OCH3 is 1. The molecule has 1 aliphatic rings. The number of hydrogen-bond acceptors (Lipinski definition) is 7. The van der Waals surface area contributed by atoms with E-state index in [-0.39, 0.29) is 29.0 Å². The highest BCUT2D eigenvalue weighted by atomic mass is 32.1. The fourth-order valence-electron chi connectivity index (χ4n) is 4.02. The molecule has 10 heteroatoms. The van der Waals surface area contributed by atoms with Crippen LogP contribution in [0.25, 0.3) is 15.3 Å². The van der Waals surface area contributed by atoms with E-state index in [1.54, 1.807) is 23.9 Å². The number of aryl methyl sites for hydroxylation is 1. The molecule has 9 nitrogen and oxygen atoms in total. The highest BCUT2D eigenvalue weighted by Gasteiger charge is 2.38. The average molecular weight is 490 g/mol. The summed E-state index contributed by atoms with van der Waals surface area (Å²) in [5.41, 5.74) is 2.33. The molecule has 3 heterocycles. The average Bonchev–Trinajstić information content (AvgIpc) is 3.51. The number of ether oxygens (including phenoxy) is 1. The molecular weight excluding hydrogens is 466 g/mol. The van der Waals surface area contributed by atoms with E-state index in [1.165, 1.54) is 28.4 Å². The van der Waals surface area contributed by atoms with E-state index < -0.39 is 5.91 Å². The molecule has 5 rings (SSSR count). The van der Waals surface area contributed by atoms with Gasteiger partial charge in [0.25, 0.3) is 17.7 Å². The van der Waals surface area contributed by atoms with Gasteiger partial charge in [-0.3, -0.25) is 19.3 Å². The minimum Gasteiger partial charge on any atom is -0.497 e. The molecule has 1 N–H and O–H groups in total. The maximum Gasteiger partial charge on any atom is 0.261 e. The van der Waals surface area contributed by atoms with Crippen molar-refractivity contribution in [2.24, 2.45) is 0 Å². The number of rotatable bonds is 6. The SMILES string of the molecule is CCC(C)N1C(=O)c2ccc(C(=O)Nc3cc(C)nn3-c3nc4ccc(OC)cc4s3)cc2C1=O. The predicted octanol–water partition coefficient (Wildman–Crippen LogP) is 4.45. The predicted molar refractivity (Wildman–Crippen MR) is 133 cm³/mol. The maximum atomic E-state index is 13.1. The topological polar surface area (TPSA) is 106 Å². The summed E-state index contributed by atoms with van der Waals surface area (Å²) < 4.78 is 7.80. The Hall–Kier alpha value is -4.05. The molecule has 1 aliphatic heterocycles. The van der Waals surface area contributed by atoms with Gasteiger partial charge in [0.1, 0.15) is 11.6 Å². The maximum absolute atomic E-state index is 13.1. The van der Waals surface area contributed by atoms with Crippen molar-refractivity contribution in [3.8, 4) is 10.9 Å². The van der Waals surface area contributed by atoms with Crippen molar-refractivity contribution in [1.29, 1.82) is 0 Å². The number of aromatic nitrogens is 3. The zero-order chi connectivity index (χ0) is 24.9. The van der Waals surface area contributed by atoms with Gasteiger partial charge in [0.2, 0.25) is 5.13 Å². The first-order valence-corrected chi connectivity index (χ1v) is 12.0. The van der Waals surface area contributed by atoms with Gasteiger partial charge in [-0.25, -0.2) is 4.98 Å². The number of nitrogens with one attached hydrogen (secondary N) is 1. The van der Waals surface area contributed by atoms with Gasteiger partial charge < -0.3 is 10.1 Å². The van der Waals surface area contributed by atoms with Crippen molar-refractivity contribution in [3.63, 3.8) is 0 Å². The molecule has 35 heavy (non-hydrogen) atoms. The van der Waals surface area contributed by atoms with E-state index in [2.05, 4.69) is 15.4 Å². The molecule has 0 saturated carbocycles. The van der Waals surface area contributed by atoms with Crippen LogP contribution in [0, 0.1) is 6.92 Å². The van der Waals surface area contributed by atoms with Crippen molar-refractivity contribution < 1.29 is 19.1 Å². The van der Waals surface area contributed by atoms with Gasteiger partial charge in [-0.05, 0) is 56.7 Å². The van der Waals surface area contributed by atoms with Crippen molar-refractivity contribution in [2.45, 2.75) is 33.2 Å². The van der Waals surface area contributed by atoms with E-state index in [4.69, 9.17) is 4.74 Å². The van der Waals surface area contributed by atoms with Crippen molar-refractivity contribution in [3.05, 3.63) is 64.8 Å². The summed E-state index contributed by atoms with van der Waals surface area (Å²) in [6, 6.07) is 11.7. The Bertz CT molecular complexity index is 1510. The number of carbonyl (C=O) groups is 3. The third-order valence-corrected chi connectivity index (χ3v) is 7.04. The summed E-state index contributed by atoms with van der Waals surface area (Å²) in [4.78, 5) is 44.6. The molecule has 1 unspecified atom stereocenters. The smallest absolute Gasteiger partial charge is 0.261 e. The Labute approximate surface area is 205 Å². The van der Waals surface area contributed by atoms with E-state index in [0.29, 0.717) is 28.6 Å². The number of imide groups is 1. The first-order valence-electron chi connectivity index (χ1n) is 11.2. The van der Waals surface area contributed by atoms with Crippen molar-refractivity contribution in [2.75, 3.05) is 12.4 Å². The van der Waals surface area contributed by atoms with Gasteiger partial charge in [-0.1, -0.05) is 18.3 Å². The summed E-state index contributed by atoms with van der Waals surface area (Å²) in [7, 11) is 1.61. The Kier molecular flexibility index (Phi) is 5.60. The van der Waals surface area contributed by atoms with Crippen molar-refractivity contribution in [1.82, 2.24) is 19.7 Å². The Morgan fingerprint density at radius 3 is 2.63 bits per heavy atom. The minimum absolute atomic E-state index is 0.217. The molecule has 178 valence electrons.